The second-order valence-electron chi connectivity index (χ2n) is 17.0. The minimum atomic E-state index is 0.557. The molecule has 8 aromatic carbocycles. The van der Waals surface area contributed by atoms with Gasteiger partial charge in [0.1, 0.15) is 0 Å². The molecule has 0 spiro atoms. The molecule has 7 heteroatoms. The molecule has 0 amide bonds. The molecule has 0 atom stereocenters. The summed E-state index contributed by atoms with van der Waals surface area (Å²) in [5.41, 5.74) is 11.2. The van der Waals surface area contributed by atoms with Gasteiger partial charge in [-0.15, -0.1) is 0 Å². The van der Waals surface area contributed by atoms with Crippen molar-refractivity contribution in [2.45, 2.75) is 25.7 Å². The molecule has 0 N–H and O–H groups in total. The van der Waals surface area contributed by atoms with E-state index in [1.807, 2.05) is 0 Å². The zero-order valence-electron chi connectivity index (χ0n) is 34.9. The van der Waals surface area contributed by atoms with E-state index in [0.717, 1.165) is 85.3 Å². The van der Waals surface area contributed by atoms with Crippen LogP contribution in [0.25, 0.3) is 117 Å². The lowest BCUT2D eigenvalue weighted by molar-refractivity contribution is 0.742. The highest BCUT2D eigenvalue weighted by Crippen LogP contribution is 2.43. The molecular weight excluding hydrogens is 783 g/mol. The monoisotopic (exact) mass is 821 g/mol. The number of aromatic nitrogens is 7. The van der Waals surface area contributed by atoms with Crippen molar-refractivity contribution in [1.29, 1.82) is 0 Å². The number of rotatable bonds is 4. The maximum atomic E-state index is 5.59. The van der Waals surface area contributed by atoms with Crippen molar-refractivity contribution < 1.29 is 0 Å². The van der Waals surface area contributed by atoms with Crippen LogP contribution in [-0.2, 0) is 6.42 Å². The minimum Gasteiger partial charge on any atom is -0.308 e. The van der Waals surface area contributed by atoms with Crippen LogP contribution in [0.15, 0.2) is 182 Å². The van der Waals surface area contributed by atoms with E-state index in [1.54, 1.807) is 0 Å². The zero-order valence-corrected chi connectivity index (χ0v) is 34.9. The van der Waals surface area contributed by atoms with E-state index in [9.17, 15) is 0 Å². The Hall–Kier alpha value is -8.29. The van der Waals surface area contributed by atoms with Gasteiger partial charge in [-0.1, -0.05) is 140 Å². The number of benzene rings is 8. The van der Waals surface area contributed by atoms with Crippen molar-refractivity contribution in [3.63, 3.8) is 0 Å². The van der Waals surface area contributed by atoms with Crippen molar-refractivity contribution in [3.05, 3.63) is 193 Å². The maximum Gasteiger partial charge on any atom is 0.241 e. The normalized spacial score (nSPS) is 13.8. The Morgan fingerprint density at radius 1 is 0.359 bits per heavy atom. The van der Waals surface area contributed by atoms with Crippen LogP contribution in [0.3, 0.4) is 0 Å². The Morgan fingerprint density at radius 2 is 0.859 bits per heavy atom. The third-order valence-electron chi connectivity index (χ3n) is 13.6. The average molecular weight is 822 g/mol. The molecule has 0 saturated heterocycles. The maximum absolute atomic E-state index is 5.59. The van der Waals surface area contributed by atoms with Gasteiger partial charge in [-0.25, -0.2) is 0 Å². The smallest absolute Gasteiger partial charge is 0.241 e. The molecule has 14 rings (SSSR count). The van der Waals surface area contributed by atoms with Gasteiger partial charge < -0.3 is 4.57 Å². The summed E-state index contributed by atoms with van der Waals surface area (Å²) in [6.07, 6.45) is 8.95. The molecule has 0 unspecified atom stereocenters. The van der Waals surface area contributed by atoms with Crippen LogP contribution in [0, 0.1) is 0 Å². The second kappa shape index (κ2) is 13.6. The van der Waals surface area contributed by atoms with Crippen LogP contribution < -0.4 is 0 Å². The summed E-state index contributed by atoms with van der Waals surface area (Å²) in [5, 5.41) is 10.7. The molecule has 5 heterocycles. The number of nitrogens with zero attached hydrogens (tertiary/aromatic N) is 7. The van der Waals surface area contributed by atoms with E-state index in [-0.39, 0.29) is 0 Å². The predicted octanol–water partition coefficient (Wildman–Crippen LogP) is 14.0. The summed E-state index contributed by atoms with van der Waals surface area (Å²) in [6, 6.07) is 63.3. The predicted molar refractivity (Wildman–Crippen MR) is 264 cm³/mol. The topological polar surface area (TPSA) is 58.4 Å². The molecule has 1 aliphatic carbocycles. The zero-order chi connectivity index (χ0) is 41.9. The molecule has 0 aliphatic heterocycles. The molecule has 302 valence electrons. The van der Waals surface area contributed by atoms with Crippen molar-refractivity contribution >= 4 is 93.2 Å². The van der Waals surface area contributed by atoms with Crippen molar-refractivity contribution in [2.75, 3.05) is 0 Å². The van der Waals surface area contributed by atoms with Crippen LogP contribution in [0.1, 0.15) is 30.5 Å². The van der Waals surface area contributed by atoms with E-state index in [1.165, 1.54) is 44.4 Å². The fraction of sp³-hybridized carbons (Fsp3) is 0.0702. The number of aryl methyl sites for hydroxylation is 1. The quantitative estimate of drug-likeness (QED) is 0.178. The molecule has 64 heavy (non-hydrogen) atoms. The number of allylic oxidation sites excluding steroid dienone is 1. The van der Waals surface area contributed by atoms with Gasteiger partial charge in [0.05, 0.1) is 50.0 Å². The first-order chi connectivity index (χ1) is 31.8. The third kappa shape index (κ3) is 4.95. The Bertz CT molecular complexity index is 4040. The molecule has 0 radical (unpaired) electrons. The third-order valence-corrected chi connectivity index (χ3v) is 13.6. The first-order valence-electron chi connectivity index (χ1n) is 22.3. The standard InChI is InChI=1S/C57H39N7/c1-2-4-27-47-38(21-3-1)39-22-7-13-29-48(39)62(47)55-58-56(63-49-30-14-8-23-40(49)41-24-9-15-31-50(41)63)60-57(59-55)64-51-32-16-11-26-44(51)53-52(64)35-34-43-42-25-10-12-28-46(42)61(54(43)53)45-33-17-19-36-18-5-6-20-37(36)45/h4-20,22-35H,1-3,21H2/b27-4-. The Morgan fingerprint density at radius 3 is 1.55 bits per heavy atom. The van der Waals surface area contributed by atoms with Gasteiger partial charge in [0.2, 0.25) is 17.8 Å². The van der Waals surface area contributed by atoms with E-state index >= 15 is 0 Å². The Labute approximate surface area is 367 Å². The fourth-order valence-electron chi connectivity index (χ4n) is 10.9. The first-order valence-corrected chi connectivity index (χ1v) is 22.3. The van der Waals surface area contributed by atoms with Crippen LogP contribution >= 0.6 is 0 Å². The summed E-state index contributed by atoms with van der Waals surface area (Å²) < 4.78 is 9.24. The van der Waals surface area contributed by atoms with Gasteiger partial charge >= 0.3 is 0 Å². The lowest BCUT2D eigenvalue weighted by Gasteiger charge is -2.15. The van der Waals surface area contributed by atoms with Crippen LogP contribution in [-0.4, -0.2) is 33.2 Å². The van der Waals surface area contributed by atoms with Crippen molar-refractivity contribution in [2.24, 2.45) is 0 Å². The highest BCUT2D eigenvalue weighted by atomic mass is 15.3. The van der Waals surface area contributed by atoms with E-state index in [4.69, 9.17) is 15.0 Å². The number of hydrogen-bond acceptors (Lipinski definition) is 3. The van der Waals surface area contributed by atoms with Crippen molar-refractivity contribution in [1.82, 2.24) is 33.2 Å². The summed E-state index contributed by atoms with van der Waals surface area (Å²) in [5.74, 6) is 1.71. The lowest BCUT2D eigenvalue weighted by Crippen LogP contribution is -2.14. The fourth-order valence-corrected chi connectivity index (χ4v) is 10.9. The van der Waals surface area contributed by atoms with Crippen LogP contribution in [0.2, 0.25) is 0 Å². The van der Waals surface area contributed by atoms with Crippen LogP contribution in [0.5, 0.6) is 0 Å². The number of fused-ring (bicyclic) bond motifs is 14. The van der Waals surface area contributed by atoms with Gasteiger partial charge in [-0.3, -0.25) is 13.7 Å². The van der Waals surface area contributed by atoms with Gasteiger partial charge in [-0.05, 0) is 85.2 Å². The number of hydrogen-bond donors (Lipinski definition) is 0. The lowest BCUT2D eigenvalue weighted by atomic mass is 10.0. The highest BCUT2D eigenvalue weighted by Gasteiger charge is 2.26. The Balaban J connectivity index is 1.14. The van der Waals surface area contributed by atoms with E-state index in [2.05, 4.69) is 206 Å². The molecule has 0 fully saturated rings. The molecule has 13 aromatic rings. The van der Waals surface area contributed by atoms with E-state index < -0.39 is 0 Å². The van der Waals surface area contributed by atoms with E-state index in [0.29, 0.717) is 17.8 Å². The SMILES string of the molecule is C1=C\c2c(c3ccccc3n2-c2nc(-n3c4ccccc4c4ccccc43)nc(-n3c4ccccc4c4c3ccc3c5ccccc5n(-c5cccc6ccccc56)c34)n2)CCCC/1. The van der Waals surface area contributed by atoms with Gasteiger partial charge in [0.25, 0.3) is 0 Å². The molecule has 7 nitrogen and oxygen atoms in total. The van der Waals surface area contributed by atoms with Crippen molar-refractivity contribution in [3.8, 4) is 23.5 Å². The van der Waals surface area contributed by atoms with Gasteiger partial charge in [0, 0.05) is 43.1 Å². The highest BCUT2D eigenvalue weighted by molar-refractivity contribution is 6.26. The second-order valence-corrected chi connectivity index (χ2v) is 17.0. The van der Waals surface area contributed by atoms with Gasteiger partial charge in [-0.2, -0.15) is 15.0 Å². The summed E-state index contributed by atoms with van der Waals surface area (Å²) >= 11 is 0. The molecule has 1 aliphatic rings. The molecule has 5 aromatic heterocycles. The molecular formula is C57H39N7. The summed E-state index contributed by atoms with van der Waals surface area (Å²) in [4.78, 5) is 16.7. The summed E-state index contributed by atoms with van der Waals surface area (Å²) in [7, 11) is 0. The Kier molecular flexibility index (Phi) is 7.51. The first kappa shape index (κ1) is 35.3. The molecule has 0 bridgehead atoms. The number of para-hydroxylation sites is 5. The minimum absolute atomic E-state index is 0.557. The summed E-state index contributed by atoms with van der Waals surface area (Å²) in [6.45, 7) is 0. The van der Waals surface area contributed by atoms with Gasteiger partial charge in [0.15, 0.2) is 0 Å². The van der Waals surface area contributed by atoms with Crippen LogP contribution in [0.4, 0.5) is 0 Å². The average Bonchev–Trinajstić information content (AvgIpc) is 4.06. The largest absolute Gasteiger partial charge is 0.308 e. The molecule has 0 saturated carbocycles.